The average Bonchev–Trinajstić information content (AvgIpc) is 2.39. The minimum atomic E-state index is 0. The molecular weight excluding hydrogens is 375 g/mol. The molecule has 1 aliphatic heterocycles. The van der Waals surface area contributed by atoms with Crippen molar-refractivity contribution in [2.24, 2.45) is 5.92 Å². The van der Waals surface area contributed by atoms with Crippen molar-refractivity contribution in [3.63, 3.8) is 0 Å². The van der Waals surface area contributed by atoms with Crippen LogP contribution in [0, 0.1) is 9.49 Å². The summed E-state index contributed by atoms with van der Waals surface area (Å²) in [5.41, 5.74) is 0.806. The van der Waals surface area contributed by atoms with Gasteiger partial charge in [0.1, 0.15) is 0 Å². The first kappa shape index (κ1) is 16.7. The number of nitrogens with one attached hydrogen (secondary N) is 1. The van der Waals surface area contributed by atoms with Gasteiger partial charge in [0.2, 0.25) is 0 Å². The number of likely N-dealkylation sites (tertiary alicyclic amines) is 1. The van der Waals surface area contributed by atoms with E-state index in [9.17, 15) is 4.79 Å². The number of hydrogen-bond donors (Lipinski definition) is 1. The standard InChI is InChI=1S/C14H19IN2O.ClH/c1-16-9-11-3-2-8-17(10-11)14(18)12-4-6-13(15)7-5-12;/h4-7,11,16H,2-3,8-10H2,1H3;1H. The van der Waals surface area contributed by atoms with Crippen LogP contribution in [0.4, 0.5) is 0 Å². The Morgan fingerprint density at radius 2 is 2.11 bits per heavy atom. The maximum atomic E-state index is 12.4. The molecule has 1 amide bonds. The monoisotopic (exact) mass is 394 g/mol. The lowest BCUT2D eigenvalue weighted by Crippen LogP contribution is -2.42. The Morgan fingerprint density at radius 1 is 1.42 bits per heavy atom. The first-order chi connectivity index (χ1) is 8.70. The fourth-order valence-corrected chi connectivity index (χ4v) is 2.84. The molecule has 1 heterocycles. The highest BCUT2D eigenvalue weighted by atomic mass is 127. The van der Waals surface area contributed by atoms with Gasteiger partial charge >= 0.3 is 0 Å². The Balaban J connectivity index is 0.00000180. The Bertz CT molecular complexity index is 408. The molecule has 1 aromatic carbocycles. The number of piperidine rings is 1. The van der Waals surface area contributed by atoms with Gasteiger partial charge in [0.15, 0.2) is 0 Å². The fraction of sp³-hybridized carbons (Fsp3) is 0.500. The third-order valence-electron chi connectivity index (χ3n) is 3.39. The number of nitrogens with zero attached hydrogens (tertiary/aromatic N) is 1. The Labute approximate surface area is 134 Å². The molecule has 0 aliphatic carbocycles. The third kappa shape index (κ3) is 4.61. The van der Waals surface area contributed by atoms with Crippen LogP contribution in [-0.4, -0.2) is 37.5 Å². The highest BCUT2D eigenvalue weighted by Crippen LogP contribution is 2.18. The van der Waals surface area contributed by atoms with Gasteiger partial charge in [-0.25, -0.2) is 0 Å². The normalized spacial score (nSPS) is 18.8. The van der Waals surface area contributed by atoms with Crippen molar-refractivity contribution in [3.05, 3.63) is 33.4 Å². The van der Waals surface area contributed by atoms with Gasteiger partial charge in [-0.1, -0.05) is 0 Å². The zero-order valence-corrected chi connectivity index (χ0v) is 14.0. The first-order valence-electron chi connectivity index (χ1n) is 6.40. The van der Waals surface area contributed by atoms with Crippen LogP contribution in [0.5, 0.6) is 0 Å². The molecule has 106 valence electrons. The summed E-state index contributed by atoms with van der Waals surface area (Å²) in [7, 11) is 1.97. The predicted octanol–water partition coefficient (Wildman–Crippen LogP) is 2.78. The number of amides is 1. The Morgan fingerprint density at radius 3 is 2.74 bits per heavy atom. The molecule has 1 saturated heterocycles. The van der Waals surface area contributed by atoms with E-state index < -0.39 is 0 Å². The van der Waals surface area contributed by atoms with Crippen molar-refractivity contribution in [1.29, 1.82) is 0 Å². The summed E-state index contributed by atoms with van der Waals surface area (Å²) in [6, 6.07) is 7.82. The van der Waals surface area contributed by atoms with E-state index in [1.165, 1.54) is 6.42 Å². The highest BCUT2D eigenvalue weighted by Gasteiger charge is 2.23. The van der Waals surface area contributed by atoms with Crippen LogP contribution in [0.3, 0.4) is 0 Å². The number of carbonyl (C=O) groups is 1. The van der Waals surface area contributed by atoms with Crippen LogP contribution in [0.1, 0.15) is 23.2 Å². The smallest absolute Gasteiger partial charge is 0.253 e. The number of rotatable bonds is 3. The summed E-state index contributed by atoms with van der Waals surface area (Å²) in [5.74, 6) is 0.767. The molecule has 1 N–H and O–H groups in total. The molecule has 0 aromatic heterocycles. The maximum Gasteiger partial charge on any atom is 0.253 e. The summed E-state index contributed by atoms with van der Waals surface area (Å²) >= 11 is 2.26. The van der Waals surface area contributed by atoms with Crippen LogP contribution in [0.15, 0.2) is 24.3 Å². The molecule has 1 aromatic rings. The van der Waals surface area contributed by atoms with E-state index in [1.807, 2.05) is 36.2 Å². The molecule has 19 heavy (non-hydrogen) atoms. The van der Waals surface area contributed by atoms with Gasteiger partial charge in [-0.15, -0.1) is 12.4 Å². The molecule has 1 atom stereocenters. The van der Waals surface area contributed by atoms with E-state index in [2.05, 4.69) is 27.9 Å². The van der Waals surface area contributed by atoms with Crippen LogP contribution >= 0.6 is 35.0 Å². The summed E-state index contributed by atoms with van der Waals surface area (Å²) in [6.45, 7) is 2.77. The Hall–Kier alpha value is -0.330. The van der Waals surface area contributed by atoms with Gasteiger partial charge in [-0.3, -0.25) is 4.79 Å². The van der Waals surface area contributed by atoms with E-state index in [0.29, 0.717) is 5.92 Å². The maximum absolute atomic E-state index is 12.4. The van der Waals surface area contributed by atoms with E-state index in [0.717, 1.165) is 35.2 Å². The second-order valence-electron chi connectivity index (χ2n) is 4.82. The minimum Gasteiger partial charge on any atom is -0.338 e. The molecule has 0 bridgehead atoms. The highest BCUT2D eigenvalue weighted by molar-refractivity contribution is 14.1. The van der Waals surface area contributed by atoms with Crippen LogP contribution < -0.4 is 5.32 Å². The van der Waals surface area contributed by atoms with Crippen molar-refractivity contribution in [2.45, 2.75) is 12.8 Å². The summed E-state index contributed by atoms with van der Waals surface area (Å²) < 4.78 is 1.16. The van der Waals surface area contributed by atoms with Crippen molar-refractivity contribution in [1.82, 2.24) is 10.2 Å². The zero-order valence-electron chi connectivity index (χ0n) is 11.1. The molecule has 2 rings (SSSR count). The van der Waals surface area contributed by atoms with Crippen LogP contribution in [-0.2, 0) is 0 Å². The van der Waals surface area contributed by atoms with Gasteiger partial charge < -0.3 is 10.2 Å². The molecule has 1 aliphatic rings. The molecule has 1 unspecified atom stereocenters. The number of hydrogen-bond acceptors (Lipinski definition) is 2. The van der Waals surface area contributed by atoms with Crippen LogP contribution in [0.2, 0.25) is 0 Å². The second-order valence-corrected chi connectivity index (χ2v) is 6.07. The zero-order chi connectivity index (χ0) is 13.0. The van der Waals surface area contributed by atoms with E-state index >= 15 is 0 Å². The van der Waals surface area contributed by atoms with Gasteiger partial charge in [-0.2, -0.15) is 0 Å². The number of carbonyl (C=O) groups excluding carboxylic acids is 1. The van der Waals surface area contributed by atoms with Crippen molar-refractivity contribution in [3.8, 4) is 0 Å². The summed E-state index contributed by atoms with van der Waals surface area (Å²) in [6.07, 6.45) is 2.33. The number of halogens is 2. The molecular formula is C14H20ClIN2O. The largest absolute Gasteiger partial charge is 0.338 e. The fourth-order valence-electron chi connectivity index (χ4n) is 2.48. The lowest BCUT2D eigenvalue weighted by Gasteiger charge is -2.32. The van der Waals surface area contributed by atoms with E-state index in [4.69, 9.17) is 0 Å². The van der Waals surface area contributed by atoms with Crippen molar-refractivity contribution >= 4 is 40.9 Å². The van der Waals surface area contributed by atoms with Gasteiger partial charge in [0.05, 0.1) is 0 Å². The molecule has 3 nitrogen and oxygen atoms in total. The van der Waals surface area contributed by atoms with E-state index in [-0.39, 0.29) is 18.3 Å². The molecule has 0 spiro atoms. The minimum absolute atomic E-state index is 0. The predicted molar refractivity (Wildman–Crippen MR) is 89.0 cm³/mol. The topological polar surface area (TPSA) is 32.3 Å². The quantitative estimate of drug-likeness (QED) is 0.800. The molecule has 5 heteroatoms. The second kappa shape index (κ2) is 8.07. The molecule has 0 saturated carbocycles. The van der Waals surface area contributed by atoms with Gasteiger partial charge in [-0.05, 0) is 79.2 Å². The molecule has 0 radical (unpaired) electrons. The summed E-state index contributed by atoms with van der Waals surface area (Å²) in [4.78, 5) is 14.4. The molecule has 1 fully saturated rings. The average molecular weight is 395 g/mol. The summed E-state index contributed by atoms with van der Waals surface area (Å²) in [5, 5.41) is 3.21. The lowest BCUT2D eigenvalue weighted by molar-refractivity contribution is 0.0674. The third-order valence-corrected chi connectivity index (χ3v) is 4.11. The van der Waals surface area contributed by atoms with E-state index in [1.54, 1.807) is 0 Å². The lowest BCUT2D eigenvalue weighted by atomic mass is 9.97. The van der Waals surface area contributed by atoms with Crippen molar-refractivity contribution < 1.29 is 4.79 Å². The van der Waals surface area contributed by atoms with Crippen molar-refractivity contribution in [2.75, 3.05) is 26.7 Å². The van der Waals surface area contributed by atoms with Gasteiger partial charge in [0, 0.05) is 22.2 Å². The SMILES string of the molecule is CNCC1CCCN(C(=O)c2ccc(I)cc2)C1.Cl. The van der Waals surface area contributed by atoms with Crippen LogP contribution in [0.25, 0.3) is 0 Å². The number of benzene rings is 1. The first-order valence-corrected chi connectivity index (χ1v) is 7.48. The Kier molecular flexibility index (Phi) is 7.10. The van der Waals surface area contributed by atoms with Gasteiger partial charge in [0.25, 0.3) is 5.91 Å².